The Morgan fingerprint density at radius 3 is 2.41 bits per heavy atom. The van der Waals surface area contributed by atoms with Crippen molar-refractivity contribution < 1.29 is 4.79 Å². The van der Waals surface area contributed by atoms with Gasteiger partial charge >= 0.3 is 0 Å². The Balaban J connectivity index is 2.03. The van der Waals surface area contributed by atoms with E-state index in [0.29, 0.717) is 18.3 Å². The van der Waals surface area contributed by atoms with Crippen LogP contribution in [0.1, 0.15) is 33.4 Å². The number of aromatic nitrogens is 1. The molecule has 0 aliphatic carbocycles. The predicted octanol–water partition coefficient (Wildman–Crippen LogP) is 4.55. The minimum Gasteiger partial charge on any atom is -0.342 e. The lowest BCUT2D eigenvalue weighted by Crippen LogP contribution is -2.38. The zero-order valence-corrected chi connectivity index (χ0v) is 15.3. The first-order valence-electron chi connectivity index (χ1n) is 7.71. The van der Waals surface area contributed by atoms with Gasteiger partial charge in [-0.2, -0.15) is 0 Å². The van der Waals surface area contributed by atoms with E-state index in [9.17, 15) is 4.79 Å². The molecule has 2 aromatic heterocycles. The topological polar surface area (TPSA) is 33.2 Å². The first kappa shape index (κ1) is 17.2. The number of nitrogens with zero attached hydrogens (tertiary/aromatic N) is 2. The quantitative estimate of drug-likeness (QED) is 0.743. The highest BCUT2D eigenvalue weighted by Gasteiger charge is 2.18. The van der Waals surface area contributed by atoms with Crippen LogP contribution in [0, 0.1) is 11.8 Å². The Bertz CT molecular complexity index is 578. The lowest BCUT2D eigenvalue weighted by Gasteiger charge is -2.26. The number of thiazole rings is 1. The average Bonchev–Trinajstić information content (AvgIpc) is 3.06. The summed E-state index contributed by atoms with van der Waals surface area (Å²) in [5.41, 5.74) is 0.885. The molecule has 0 spiro atoms. The molecule has 2 aromatic rings. The SMILES string of the molecule is CC(C)CN(CC(C)C)C(=O)Cc1csc(-c2cccs2)n1. The van der Waals surface area contributed by atoms with Crippen LogP contribution >= 0.6 is 22.7 Å². The molecule has 5 heteroatoms. The molecule has 0 radical (unpaired) electrons. The van der Waals surface area contributed by atoms with Gasteiger partial charge < -0.3 is 4.90 Å². The smallest absolute Gasteiger partial charge is 0.228 e. The van der Waals surface area contributed by atoms with Crippen molar-refractivity contribution >= 4 is 28.6 Å². The van der Waals surface area contributed by atoms with Crippen molar-refractivity contribution in [3.63, 3.8) is 0 Å². The molecule has 0 aromatic carbocycles. The molecule has 0 bridgehead atoms. The van der Waals surface area contributed by atoms with E-state index in [1.165, 1.54) is 4.88 Å². The molecule has 1 amide bonds. The predicted molar refractivity (Wildman–Crippen MR) is 95.4 cm³/mol. The number of carbonyl (C=O) groups is 1. The van der Waals surface area contributed by atoms with Crippen LogP contribution in [0.4, 0.5) is 0 Å². The highest BCUT2D eigenvalue weighted by atomic mass is 32.1. The molecule has 0 N–H and O–H groups in total. The average molecular weight is 337 g/mol. The van der Waals surface area contributed by atoms with Crippen molar-refractivity contribution in [3.8, 4) is 9.88 Å². The second kappa shape index (κ2) is 7.88. The molecule has 0 atom stereocenters. The summed E-state index contributed by atoms with van der Waals surface area (Å²) >= 11 is 3.30. The lowest BCUT2D eigenvalue weighted by atomic mass is 10.1. The third-order valence-corrected chi connectivity index (χ3v) is 5.07. The summed E-state index contributed by atoms with van der Waals surface area (Å²) in [6, 6.07) is 4.10. The first-order chi connectivity index (χ1) is 10.5. The molecule has 22 heavy (non-hydrogen) atoms. The van der Waals surface area contributed by atoms with Crippen LogP contribution in [0.25, 0.3) is 9.88 Å². The Labute approximate surface area is 141 Å². The number of rotatable bonds is 7. The van der Waals surface area contributed by atoms with Gasteiger partial charge in [-0.15, -0.1) is 22.7 Å². The largest absolute Gasteiger partial charge is 0.342 e. The molecule has 2 heterocycles. The molecular formula is C17H24N2OS2. The Morgan fingerprint density at radius 2 is 1.86 bits per heavy atom. The van der Waals surface area contributed by atoms with Crippen molar-refractivity contribution in [1.82, 2.24) is 9.88 Å². The molecular weight excluding hydrogens is 312 g/mol. The van der Waals surface area contributed by atoms with E-state index in [2.05, 4.69) is 44.1 Å². The molecule has 0 aliphatic rings. The molecule has 0 saturated heterocycles. The summed E-state index contributed by atoms with van der Waals surface area (Å²) in [5, 5.41) is 5.07. The van der Waals surface area contributed by atoms with Gasteiger partial charge in [0.05, 0.1) is 17.0 Å². The van der Waals surface area contributed by atoms with Gasteiger partial charge in [-0.1, -0.05) is 33.8 Å². The van der Waals surface area contributed by atoms with E-state index >= 15 is 0 Å². The van der Waals surface area contributed by atoms with E-state index < -0.39 is 0 Å². The monoisotopic (exact) mass is 336 g/mol. The number of thiophene rings is 1. The lowest BCUT2D eigenvalue weighted by molar-refractivity contribution is -0.131. The van der Waals surface area contributed by atoms with Gasteiger partial charge in [0.15, 0.2) is 0 Å². The van der Waals surface area contributed by atoms with E-state index in [1.54, 1.807) is 22.7 Å². The fourth-order valence-corrected chi connectivity index (χ4v) is 3.96. The summed E-state index contributed by atoms with van der Waals surface area (Å²) in [7, 11) is 0. The van der Waals surface area contributed by atoms with Crippen LogP contribution < -0.4 is 0 Å². The van der Waals surface area contributed by atoms with Crippen LogP contribution in [-0.4, -0.2) is 28.9 Å². The van der Waals surface area contributed by atoms with Crippen LogP contribution in [0.5, 0.6) is 0 Å². The molecule has 0 unspecified atom stereocenters. The standard InChI is InChI=1S/C17H24N2OS2/c1-12(2)9-19(10-13(3)4)16(20)8-14-11-22-17(18-14)15-6-5-7-21-15/h5-7,11-13H,8-10H2,1-4H3. The molecule has 0 saturated carbocycles. The van der Waals surface area contributed by atoms with Gasteiger partial charge in [-0.05, 0) is 23.3 Å². The van der Waals surface area contributed by atoms with Crippen LogP contribution in [0.2, 0.25) is 0 Å². The van der Waals surface area contributed by atoms with Crippen molar-refractivity contribution in [1.29, 1.82) is 0 Å². The zero-order valence-electron chi connectivity index (χ0n) is 13.7. The highest BCUT2D eigenvalue weighted by Crippen LogP contribution is 2.28. The first-order valence-corrected chi connectivity index (χ1v) is 9.47. The van der Waals surface area contributed by atoms with E-state index in [0.717, 1.165) is 23.8 Å². The normalized spacial score (nSPS) is 11.4. The van der Waals surface area contributed by atoms with Crippen LogP contribution in [0.15, 0.2) is 22.9 Å². The van der Waals surface area contributed by atoms with E-state index in [-0.39, 0.29) is 5.91 Å². The van der Waals surface area contributed by atoms with Gasteiger partial charge in [-0.3, -0.25) is 4.79 Å². The summed E-state index contributed by atoms with van der Waals surface area (Å²) in [4.78, 5) is 20.3. The second-order valence-electron chi connectivity index (χ2n) is 6.38. The molecule has 0 fully saturated rings. The van der Waals surface area contributed by atoms with E-state index in [4.69, 9.17) is 0 Å². The van der Waals surface area contributed by atoms with Crippen LogP contribution in [0.3, 0.4) is 0 Å². The van der Waals surface area contributed by atoms with Crippen molar-refractivity contribution in [3.05, 3.63) is 28.6 Å². The number of amides is 1. The van der Waals surface area contributed by atoms with Gasteiger partial charge in [-0.25, -0.2) is 4.98 Å². The Morgan fingerprint density at radius 1 is 1.18 bits per heavy atom. The Hall–Kier alpha value is -1.20. The third-order valence-electron chi connectivity index (χ3n) is 3.14. The minimum absolute atomic E-state index is 0.186. The fraction of sp³-hybridized carbons (Fsp3) is 0.529. The number of carbonyl (C=O) groups excluding carboxylic acids is 1. The molecule has 3 nitrogen and oxygen atoms in total. The Kier molecular flexibility index (Phi) is 6.15. The maximum Gasteiger partial charge on any atom is 0.228 e. The summed E-state index contributed by atoms with van der Waals surface area (Å²) in [6.07, 6.45) is 0.404. The van der Waals surface area contributed by atoms with E-state index in [1.807, 2.05) is 16.3 Å². The maximum atomic E-state index is 12.6. The zero-order chi connectivity index (χ0) is 16.1. The van der Waals surface area contributed by atoms with Crippen LogP contribution in [-0.2, 0) is 11.2 Å². The van der Waals surface area contributed by atoms with Gasteiger partial charge in [0.25, 0.3) is 0 Å². The second-order valence-corrected chi connectivity index (χ2v) is 8.19. The summed E-state index contributed by atoms with van der Waals surface area (Å²) < 4.78 is 0. The number of hydrogen-bond acceptors (Lipinski definition) is 4. The van der Waals surface area contributed by atoms with Crippen molar-refractivity contribution in [2.45, 2.75) is 34.1 Å². The van der Waals surface area contributed by atoms with Gasteiger partial charge in [0, 0.05) is 18.5 Å². The summed E-state index contributed by atoms with van der Waals surface area (Å²) in [6.45, 7) is 10.2. The highest BCUT2D eigenvalue weighted by molar-refractivity contribution is 7.20. The molecule has 0 aliphatic heterocycles. The fourth-order valence-electron chi connectivity index (χ4n) is 2.33. The van der Waals surface area contributed by atoms with Crippen molar-refractivity contribution in [2.24, 2.45) is 11.8 Å². The minimum atomic E-state index is 0.186. The van der Waals surface area contributed by atoms with Gasteiger partial charge in [0.2, 0.25) is 5.91 Å². The maximum absolute atomic E-state index is 12.6. The molecule has 120 valence electrons. The number of hydrogen-bond donors (Lipinski definition) is 0. The van der Waals surface area contributed by atoms with Crippen molar-refractivity contribution in [2.75, 3.05) is 13.1 Å². The summed E-state index contributed by atoms with van der Waals surface area (Å²) in [5.74, 6) is 1.16. The third kappa shape index (κ3) is 4.92. The molecule has 2 rings (SSSR count). The van der Waals surface area contributed by atoms with Gasteiger partial charge in [0.1, 0.15) is 5.01 Å².